The zero-order valence-corrected chi connectivity index (χ0v) is 9.78. The van der Waals surface area contributed by atoms with Gasteiger partial charge < -0.3 is 15.5 Å². The van der Waals surface area contributed by atoms with Crippen LogP contribution in [0.3, 0.4) is 0 Å². The van der Waals surface area contributed by atoms with E-state index in [9.17, 15) is 4.79 Å². The van der Waals surface area contributed by atoms with Crippen LogP contribution in [0.4, 0.5) is 5.69 Å². The first-order valence-corrected chi connectivity index (χ1v) is 5.25. The monoisotopic (exact) mass is 230 g/mol. The molecule has 0 saturated heterocycles. The van der Waals surface area contributed by atoms with E-state index in [2.05, 4.69) is 4.98 Å². The van der Waals surface area contributed by atoms with Crippen LogP contribution in [0.2, 0.25) is 0 Å². The molecule has 0 aliphatic heterocycles. The summed E-state index contributed by atoms with van der Waals surface area (Å²) >= 11 is 0. The molecule has 2 rings (SSSR count). The van der Waals surface area contributed by atoms with Gasteiger partial charge in [-0.15, -0.1) is 0 Å². The number of anilines is 1. The van der Waals surface area contributed by atoms with E-state index in [1.54, 1.807) is 7.11 Å². The number of aromatic amines is 1. The SMILES string of the molecule is COc1ccc(-c2cc(C)[nH]c(=O)c2N)cc1. The molecule has 0 bridgehead atoms. The lowest BCUT2D eigenvalue weighted by molar-refractivity contribution is 0.415. The molecule has 0 aliphatic rings. The van der Waals surface area contributed by atoms with Crippen molar-refractivity contribution >= 4 is 5.69 Å². The van der Waals surface area contributed by atoms with Crippen LogP contribution in [0, 0.1) is 6.92 Å². The smallest absolute Gasteiger partial charge is 0.271 e. The molecule has 0 fully saturated rings. The summed E-state index contributed by atoms with van der Waals surface area (Å²) in [6.45, 7) is 1.83. The molecule has 0 aliphatic carbocycles. The number of H-pyrrole nitrogens is 1. The molecule has 4 nitrogen and oxygen atoms in total. The Balaban J connectivity index is 2.56. The molecule has 0 spiro atoms. The minimum absolute atomic E-state index is 0.237. The van der Waals surface area contributed by atoms with E-state index in [1.165, 1.54) is 0 Å². The Hall–Kier alpha value is -2.23. The first-order chi connectivity index (χ1) is 8.11. The van der Waals surface area contributed by atoms with Crippen molar-refractivity contribution < 1.29 is 4.74 Å². The van der Waals surface area contributed by atoms with E-state index in [0.29, 0.717) is 0 Å². The molecule has 0 radical (unpaired) electrons. The van der Waals surface area contributed by atoms with Crippen molar-refractivity contribution in [3.8, 4) is 16.9 Å². The van der Waals surface area contributed by atoms with Gasteiger partial charge in [0.05, 0.1) is 7.11 Å². The normalized spacial score (nSPS) is 10.2. The molecular formula is C13H14N2O2. The number of benzene rings is 1. The minimum Gasteiger partial charge on any atom is -0.497 e. The Morgan fingerprint density at radius 3 is 2.47 bits per heavy atom. The third kappa shape index (κ3) is 2.15. The fraction of sp³-hybridized carbons (Fsp3) is 0.154. The Bertz CT molecular complexity index is 585. The maximum atomic E-state index is 11.6. The average Bonchev–Trinajstić information content (AvgIpc) is 2.34. The van der Waals surface area contributed by atoms with Crippen molar-refractivity contribution in [2.75, 3.05) is 12.8 Å². The number of aryl methyl sites for hydroxylation is 1. The van der Waals surface area contributed by atoms with Gasteiger partial charge in [-0.3, -0.25) is 4.79 Å². The molecule has 0 saturated carbocycles. The number of ether oxygens (including phenoxy) is 1. The number of hydrogen-bond donors (Lipinski definition) is 2. The Morgan fingerprint density at radius 2 is 1.88 bits per heavy atom. The molecule has 4 heteroatoms. The predicted molar refractivity (Wildman–Crippen MR) is 68.2 cm³/mol. The van der Waals surface area contributed by atoms with Crippen LogP contribution in [0.25, 0.3) is 11.1 Å². The zero-order chi connectivity index (χ0) is 12.4. The van der Waals surface area contributed by atoms with E-state index in [-0.39, 0.29) is 11.2 Å². The van der Waals surface area contributed by atoms with Crippen LogP contribution in [0.5, 0.6) is 5.75 Å². The van der Waals surface area contributed by atoms with Crippen LogP contribution in [0.15, 0.2) is 35.1 Å². The summed E-state index contributed by atoms with van der Waals surface area (Å²) < 4.78 is 5.08. The number of methoxy groups -OCH3 is 1. The second kappa shape index (κ2) is 4.33. The van der Waals surface area contributed by atoms with Gasteiger partial charge in [-0.2, -0.15) is 0 Å². The van der Waals surface area contributed by atoms with Crippen molar-refractivity contribution in [3.05, 3.63) is 46.4 Å². The van der Waals surface area contributed by atoms with Gasteiger partial charge in [-0.05, 0) is 30.7 Å². The number of aromatic nitrogens is 1. The van der Waals surface area contributed by atoms with Gasteiger partial charge in [0.2, 0.25) is 0 Å². The number of nitrogens with one attached hydrogen (secondary N) is 1. The highest BCUT2D eigenvalue weighted by atomic mass is 16.5. The fourth-order valence-electron chi connectivity index (χ4n) is 1.71. The molecule has 2 aromatic rings. The molecule has 1 aromatic carbocycles. The Kier molecular flexibility index (Phi) is 2.87. The molecule has 0 unspecified atom stereocenters. The third-order valence-corrected chi connectivity index (χ3v) is 2.61. The summed E-state index contributed by atoms with van der Waals surface area (Å²) in [7, 11) is 1.61. The summed E-state index contributed by atoms with van der Waals surface area (Å²) in [5, 5.41) is 0. The standard InChI is InChI=1S/C13H14N2O2/c1-8-7-11(12(14)13(16)15-8)9-3-5-10(17-2)6-4-9/h3-7H,14H2,1-2H3,(H,15,16). The molecule has 0 amide bonds. The number of pyridine rings is 1. The molecule has 17 heavy (non-hydrogen) atoms. The quantitative estimate of drug-likeness (QED) is 0.828. The Labute approximate surface area is 99.1 Å². The molecule has 88 valence electrons. The maximum absolute atomic E-state index is 11.6. The van der Waals surface area contributed by atoms with Crippen LogP contribution >= 0.6 is 0 Å². The topological polar surface area (TPSA) is 68.1 Å². The summed E-state index contributed by atoms with van der Waals surface area (Å²) in [5.74, 6) is 0.772. The highest BCUT2D eigenvalue weighted by molar-refractivity contribution is 5.76. The van der Waals surface area contributed by atoms with Gasteiger partial charge in [0.15, 0.2) is 0 Å². The highest BCUT2D eigenvalue weighted by Gasteiger charge is 2.07. The van der Waals surface area contributed by atoms with E-state index in [4.69, 9.17) is 10.5 Å². The summed E-state index contributed by atoms with van der Waals surface area (Å²) in [6, 6.07) is 9.29. The number of nitrogen functional groups attached to an aromatic ring is 1. The molecular weight excluding hydrogens is 216 g/mol. The minimum atomic E-state index is -0.254. The molecule has 0 atom stereocenters. The number of rotatable bonds is 2. The molecule has 1 heterocycles. The van der Waals surface area contributed by atoms with Crippen molar-refractivity contribution in [1.29, 1.82) is 0 Å². The van der Waals surface area contributed by atoms with Crippen LogP contribution < -0.4 is 16.0 Å². The number of nitrogens with two attached hydrogens (primary N) is 1. The summed E-state index contributed by atoms with van der Waals surface area (Å²) in [5.41, 5.74) is 8.19. The lowest BCUT2D eigenvalue weighted by Gasteiger charge is -2.07. The first-order valence-electron chi connectivity index (χ1n) is 5.25. The van der Waals surface area contributed by atoms with E-state index < -0.39 is 0 Å². The van der Waals surface area contributed by atoms with Gasteiger partial charge >= 0.3 is 0 Å². The average molecular weight is 230 g/mol. The lowest BCUT2D eigenvalue weighted by atomic mass is 10.0. The lowest BCUT2D eigenvalue weighted by Crippen LogP contribution is -2.13. The third-order valence-electron chi connectivity index (χ3n) is 2.61. The van der Waals surface area contributed by atoms with Gasteiger partial charge in [0, 0.05) is 11.3 Å². The van der Waals surface area contributed by atoms with Gasteiger partial charge in [-0.1, -0.05) is 12.1 Å². The zero-order valence-electron chi connectivity index (χ0n) is 9.78. The van der Waals surface area contributed by atoms with Crippen LogP contribution in [0.1, 0.15) is 5.69 Å². The second-order valence-corrected chi connectivity index (χ2v) is 3.84. The van der Waals surface area contributed by atoms with E-state index >= 15 is 0 Å². The Morgan fingerprint density at radius 1 is 1.24 bits per heavy atom. The van der Waals surface area contributed by atoms with E-state index in [1.807, 2.05) is 37.3 Å². The summed E-state index contributed by atoms with van der Waals surface area (Å²) in [6.07, 6.45) is 0. The maximum Gasteiger partial charge on any atom is 0.271 e. The van der Waals surface area contributed by atoms with Gasteiger partial charge in [0.25, 0.3) is 5.56 Å². The fourth-order valence-corrected chi connectivity index (χ4v) is 1.71. The predicted octanol–water partition coefficient (Wildman–Crippen LogP) is 1.94. The first kappa shape index (κ1) is 11.3. The molecule has 3 N–H and O–H groups in total. The summed E-state index contributed by atoms with van der Waals surface area (Å²) in [4.78, 5) is 14.2. The highest BCUT2D eigenvalue weighted by Crippen LogP contribution is 2.25. The second-order valence-electron chi connectivity index (χ2n) is 3.84. The molecule has 1 aromatic heterocycles. The van der Waals surface area contributed by atoms with Crippen LogP contribution in [-0.2, 0) is 0 Å². The van der Waals surface area contributed by atoms with Crippen molar-refractivity contribution in [3.63, 3.8) is 0 Å². The van der Waals surface area contributed by atoms with E-state index in [0.717, 1.165) is 22.6 Å². The van der Waals surface area contributed by atoms with Gasteiger partial charge in [-0.25, -0.2) is 0 Å². The van der Waals surface area contributed by atoms with Crippen molar-refractivity contribution in [2.24, 2.45) is 0 Å². The van der Waals surface area contributed by atoms with Gasteiger partial charge in [0.1, 0.15) is 11.4 Å². The number of hydrogen-bond acceptors (Lipinski definition) is 3. The van der Waals surface area contributed by atoms with Crippen molar-refractivity contribution in [1.82, 2.24) is 4.98 Å². The largest absolute Gasteiger partial charge is 0.497 e. The van der Waals surface area contributed by atoms with Crippen LogP contribution in [-0.4, -0.2) is 12.1 Å². The van der Waals surface area contributed by atoms with Crippen molar-refractivity contribution in [2.45, 2.75) is 6.92 Å².